The van der Waals surface area contributed by atoms with Crippen molar-refractivity contribution in [2.24, 2.45) is 5.92 Å². The Morgan fingerprint density at radius 3 is 2.75 bits per heavy atom. The maximum Gasteiger partial charge on any atom is 0.339 e. The van der Waals surface area contributed by atoms with E-state index in [0.717, 1.165) is 0 Å². The summed E-state index contributed by atoms with van der Waals surface area (Å²) in [6.45, 7) is 4.68. The molecule has 1 heterocycles. The summed E-state index contributed by atoms with van der Waals surface area (Å²) in [5.41, 5.74) is 1.03. The lowest BCUT2D eigenvalue weighted by Gasteiger charge is -2.04. The summed E-state index contributed by atoms with van der Waals surface area (Å²) >= 11 is 3.10. The van der Waals surface area contributed by atoms with E-state index in [9.17, 15) is 14.3 Å². The lowest BCUT2D eigenvalue weighted by molar-refractivity contribution is 0.0697. The molecule has 0 aliphatic rings. The van der Waals surface area contributed by atoms with Crippen molar-refractivity contribution in [2.75, 3.05) is 0 Å². The highest BCUT2D eigenvalue weighted by Crippen LogP contribution is 2.27. The van der Waals surface area contributed by atoms with E-state index in [4.69, 9.17) is 0 Å². The standard InChI is InChI=1S/C14H14BrFN2O2/c1-8(2)6-18-7-10(14(19)20)13(17-18)9-3-4-12(16)11(15)5-9/h3-5,7-8H,6H2,1-2H3,(H,19,20). The maximum atomic E-state index is 13.3. The first-order valence-corrected chi connectivity index (χ1v) is 6.94. The van der Waals surface area contributed by atoms with Crippen LogP contribution >= 0.6 is 15.9 Å². The topological polar surface area (TPSA) is 55.1 Å². The molecule has 0 bridgehead atoms. The quantitative estimate of drug-likeness (QED) is 0.920. The van der Waals surface area contributed by atoms with Gasteiger partial charge in [0, 0.05) is 18.3 Å². The Bertz CT molecular complexity index is 653. The van der Waals surface area contributed by atoms with Crippen LogP contribution < -0.4 is 0 Å². The maximum absolute atomic E-state index is 13.3. The summed E-state index contributed by atoms with van der Waals surface area (Å²) in [4.78, 5) is 11.3. The van der Waals surface area contributed by atoms with Gasteiger partial charge in [-0.2, -0.15) is 5.10 Å². The van der Waals surface area contributed by atoms with Crippen LogP contribution in [0.2, 0.25) is 0 Å². The summed E-state index contributed by atoms with van der Waals surface area (Å²) in [5, 5.41) is 13.6. The Kier molecular flexibility index (Phi) is 4.23. The van der Waals surface area contributed by atoms with E-state index in [1.54, 1.807) is 4.68 Å². The van der Waals surface area contributed by atoms with Gasteiger partial charge < -0.3 is 5.11 Å². The van der Waals surface area contributed by atoms with E-state index in [2.05, 4.69) is 21.0 Å². The van der Waals surface area contributed by atoms with Gasteiger partial charge in [-0.05, 0) is 40.0 Å². The number of carboxylic acids is 1. The molecule has 0 saturated carbocycles. The molecule has 106 valence electrons. The fourth-order valence-electron chi connectivity index (χ4n) is 1.90. The average Bonchev–Trinajstić information content (AvgIpc) is 2.76. The minimum absolute atomic E-state index is 0.115. The fraction of sp³-hybridized carbons (Fsp3) is 0.286. The highest BCUT2D eigenvalue weighted by molar-refractivity contribution is 9.10. The van der Waals surface area contributed by atoms with Crippen LogP contribution in [0.1, 0.15) is 24.2 Å². The van der Waals surface area contributed by atoms with E-state index in [-0.39, 0.29) is 10.0 Å². The number of aromatic carboxylic acids is 1. The zero-order valence-electron chi connectivity index (χ0n) is 11.1. The van der Waals surface area contributed by atoms with Crippen LogP contribution in [0.4, 0.5) is 4.39 Å². The van der Waals surface area contributed by atoms with Gasteiger partial charge in [-0.25, -0.2) is 9.18 Å². The minimum Gasteiger partial charge on any atom is -0.478 e. The number of halogens is 2. The lowest BCUT2D eigenvalue weighted by Crippen LogP contribution is -2.04. The number of hydrogen-bond acceptors (Lipinski definition) is 2. The third kappa shape index (κ3) is 3.07. The number of carboxylic acid groups (broad SMARTS) is 1. The van der Waals surface area contributed by atoms with E-state index < -0.39 is 11.8 Å². The minimum atomic E-state index is -1.05. The molecule has 0 spiro atoms. The van der Waals surface area contributed by atoms with E-state index >= 15 is 0 Å². The SMILES string of the molecule is CC(C)Cn1cc(C(=O)O)c(-c2ccc(F)c(Br)c2)n1. The van der Waals surface area contributed by atoms with Crippen LogP contribution in [0.5, 0.6) is 0 Å². The third-order valence-electron chi connectivity index (χ3n) is 2.74. The summed E-state index contributed by atoms with van der Waals surface area (Å²) in [6.07, 6.45) is 1.51. The molecule has 0 amide bonds. The van der Waals surface area contributed by atoms with Gasteiger partial charge >= 0.3 is 5.97 Å². The van der Waals surface area contributed by atoms with Gasteiger partial charge in [0.25, 0.3) is 0 Å². The molecule has 0 radical (unpaired) electrons. The van der Waals surface area contributed by atoms with Crippen molar-refractivity contribution < 1.29 is 14.3 Å². The summed E-state index contributed by atoms with van der Waals surface area (Å²) in [7, 11) is 0. The van der Waals surface area contributed by atoms with Crippen molar-refractivity contribution >= 4 is 21.9 Å². The van der Waals surface area contributed by atoms with Gasteiger partial charge in [-0.1, -0.05) is 13.8 Å². The monoisotopic (exact) mass is 340 g/mol. The smallest absolute Gasteiger partial charge is 0.339 e. The lowest BCUT2D eigenvalue weighted by atomic mass is 10.1. The van der Waals surface area contributed by atoms with Gasteiger partial charge in [0.1, 0.15) is 17.1 Å². The zero-order valence-corrected chi connectivity index (χ0v) is 12.7. The largest absolute Gasteiger partial charge is 0.478 e. The molecule has 1 N–H and O–H groups in total. The Morgan fingerprint density at radius 2 is 2.20 bits per heavy atom. The molecule has 0 aliphatic heterocycles. The van der Waals surface area contributed by atoms with Crippen molar-refractivity contribution in [3.05, 3.63) is 40.2 Å². The summed E-state index contributed by atoms with van der Waals surface area (Å²) in [5.74, 6) is -1.09. The molecule has 0 atom stereocenters. The first-order chi connectivity index (χ1) is 9.38. The van der Waals surface area contributed by atoms with E-state index in [0.29, 0.717) is 23.7 Å². The number of carbonyl (C=O) groups is 1. The second-order valence-electron chi connectivity index (χ2n) is 4.94. The second kappa shape index (κ2) is 5.75. The molecule has 2 rings (SSSR count). The van der Waals surface area contributed by atoms with Crippen LogP contribution in [0, 0.1) is 11.7 Å². The van der Waals surface area contributed by atoms with Crippen LogP contribution in [0.3, 0.4) is 0 Å². The first-order valence-electron chi connectivity index (χ1n) is 6.14. The zero-order chi connectivity index (χ0) is 14.9. The number of benzene rings is 1. The number of nitrogens with zero attached hydrogens (tertiary/aromatic N) is 2. The highest BCUT2D eigenvalue weighted by Gasteiger charge is 2.18. The Balaban J connectivity index is 2.50. The predicted octanol–water partition coefficient (Wildman–Crippen LogP) is 3.81. The molecule has 4 nitrogen and oxygen atoms in total. The Hall–Kier alpha value is -1.69. The number of hydrogen-bond donors (Lipinski definition) is 1. The Morgan fingerprint density at radius 1 is 1.50 bits per heavy atom. The molecule has 20 heavy (non-hydrogen) atoms. The molecule has 2 aromatic rings. The van der Waals surface area contributed by atoms with Crippen LogP contribution in [-0.4, -0.2) is 20.9 Å². The molecule has 0 fully saturated rings. The normalized spacial score (nSPS) is 11.1. The molecule has 1 aromatic heterocycles. The van der Waals surface area contributed by atoms with Gasteiger partial charge in [-0.15, -0.1) is 0 Å². The first kappa shape index (κ1) is 14.7. The molecule has 0 unspecified atom stereocenters. The van der Waals surface area contributed by atoms with E-state index in [1.807, 2.05) is 13.8 Å². The van der Waals surface area contributed by atoms with Crippen LogP contribution in [-0.2, 0) is 6.54 Å². The predicted molar refractivity (Wildman–Crippen MR) is 77.1 cm³/mol. The summed E-state index contributed by atoms with van der Waals surface area (Å²) in [6, 6.07) is 4.34. The molecule has 0 aliphatic carbocycles. The molecular weight excluding hydrogens is 327 g/mol. The average molecular weight is 341 g/mol. The number of rotatable bonds is 4. The van der Waals surface area contributed by atoms with Crippen LogP contribution in [0.25, 0.3) is 11.3 Å². The van der Waals surface area contributed by atoms with Crippen molar-refractivity contribution in [1.82, 2.24) is 9.78 Å². The van der Waals surface area contributed by atoms with Crippen molar-refractivity contribution in [2.45, 2.75) is 20.4 Å². The fourth-order valence-corrected chi connectivity index (χ4v) is 2.28. The van der Waals surface area contributed by atoms with E-state index in [1.165, 1.54) is 24.4 Å². The second-order valence-corrected chi connectivity index (χ2v) is 5.80. The molecule has 1 aromatic carbocycles. The Labute approximate surface area is 124 Å². The van der Waals surface area contributed by atoms with Gasteiger partial charge in [0.05, 0.1) is 4.47 Å². The van der Waals surface area contributed by atoms with Crippen LogP contribution in [0.15, 0.2) is 28.9 Å². The highest BCUT2D eigenvalue weighted by atomic mass is 79.9. The molecule has 0 saturated heterocycles. The van der Waals surface area contributed by atoms with Crippen molar-refractivity contribution in [3.63, 3.8) is 0 Å². The third-order valence-corrected chi connectivity index (χ3v) is 3.35. The molecule has 6 heteroatoms. The van der Waals surface area contributed by atoms with Crippen molar-refractivity contribution in [3.8, 4) is 11.3 Å². The van der Waals surface area contributed by atoms with Gasteiger partial charge in [0.2, 0.25) is 0 Å². The molecular formula is C14H14BrFN2O2. The summed E-state index contributed by atoms with van der Waals surface area (Å²) < 4.78 is 15.2. The van der Waals surface area contributed by atoms with Gasteiger partial charge in [0.15, 0.2) is 0 Å². The van der Waals surface area contributed by atoms with Crippen molar-refractivity contribution in [1.29, 1.82) is 0 Å². The number of aromatic nitrogens is 2. The van der Waals surface area contributed by atoms with Gasteiger partial charge in [-0.3, -0.25) is 4.68 Å².